The van der Waals surface area contributed by atoms with E-state index in [2.05, 4.69) is 250 Å². The highest BCUT2D eigenvalue weighted by molar-refractivity contribution is 6.12. The molecule has 0 N–H and O–H groups in total. The largest absolute Gasteiger partial charge is 0.456 e. The van der Waals surface area contributed by atoms with Crippen molar-refractivity contribution in [3.8, 4) is 55.6 Å². The van der Waals surface area contributed by atoms with Crippen LogP contribution in [-0.4, -0.2) is 0 Å². The molecule has 1 aromatic heterocycles. The number of hydrogen-bond acceptors (Lipinski definition) is 2. The summed E-state index contributed by atoms with van der Waals surface area (Å²) in [5.74, 6) is 0. The quantitative estimate of drug-likeness (QED) is 0.159. The summed E-state index contributed by atoms with van der Waals surface area (Å²) in [6.07, 6.45) is 0. The maximum atomic E-state index is 6.36. The molecule has 1 atom stereocenters. The summed E-state index contributed by atoms with van der Waals surface area (Å²) < 4.78 is 6.36. The monoisotopic (exact) mass is 857 g/mol. The Kier molecular flexibility index (Phi) is 8.73. The standard InChI is InChI=1S/C65H47NO/c1-64(2)57-29-10-7-24-53(57)55-28-15-27-51(63(55)64)45-18-14-22-49(40-45)66(48-21-13-17-44(39-48)50-26-16-32-61-62(50)56-25-9-12-31-60(56)67-61)47-36-33-42(34-37-47)43-35-38-54-52-23-8-11-30-58(52)65(3,59(54)41-43)46-19-5-4-6-20-46/h4-41H,1-3H3. The molecule has 2 aliphatic rings. The first-order valence-electron chi connectivity index (χ1n) is 23.4. The normalized spacial score (nSPS) is 15.3. The molecule has 0 spiro atoms. The summed E-state index contributed by atoms with van der Waals surface area (Å²) in [7, 11) is 0. The lowest BCUT2D eigenvalue weighted by molar-refractivity contribution is 0.662. The molecule has 0 aliphatic heterocycles. The number of rotatable bonds is 7. The maximum Gasteiger partial charge on any atom is 0.136 e. The van der Waals surface area contributed by atoms with Crippen LogP contribution in [0.25, 0.3) is 77.6 Å². The van der Waals surface area contributed by atoms with Crippen LogP contribution >= 0.6 is 0 Å². The van der Waals surface area contributed by atoms with E-state index in [1.54, 1.807) is 0 Å². The van der Waals surface area contributed by atoms with Crippen LogP contribution in [0.5, 0.6) is 0 Å². The van der Waals surface area contributed by atoms with E-state index in [0.717, 1.165) is 50.1 Å². The fourth-order valence-electron chi connectivity index (χ4n) is 11.7. The van der Waals surface area contributed by atoms with Crippen molar-refractivity contribution < 1.29 is 4.42 Å². The second kappa shape index (κ2) is 14.9. The Balaban J connectivity index is 0.949. The fraction of sp³-hybridized carbons (Fsp3) is 0.0769. The Labute approximate surface area is 392 Å². The summed E-state index contributed by atoms with van der Waals surface area (Å²) >= 11 is 0. The second-order valence-electron chi connectivity index (χ2n) is 19.0. The van der Waals surface area contributed by atoms with E-state index < -0.39 is 0 Å². The van der Waals surface area contributed by atoms with Gasteiger partial charge < -0.3 is 9.32 Å². The third-order valence-electron chi connectivity index (χ3n) is 14.9. The van der Waals surface area contributed by atoms with Crippen LogP contribution in [0.3, 0.4) is 0 Å². The highest BCUT2D eigenvalue weighted by Crippen LogP contribution is 2.54. The van der Waals surface area contributed by atoms with Crippen LogP contribution in [0.1, 0.15) is 48.6 Å². The third kappa shape index (κ3) is 5.96. The number of fused-ring (bicyclic) bond motifs is 9. The predicted octanol–water partition coefficient (Wildman–Crippen LogP) is 17.7. The third-order valence-corrected chi connectivity index (χ3v) is 14.9. The topological polar surface area (TPSA) is 16.4 Å². The molecule has 2 heteroatoms. The smallest absolute Gasteiger partial charge is 0.136 e. The van der Waals surface area contributed by atoms with Gasteiger partial charge in [-0.05, 0) is 145 Å². The van der Waals surface area contributed by atoms with Gasteiger partial charge >= 0.3 is 0 Å². The highest BCUT2D eigenvalue weighted by atomic mass is 16.3. The van der Waals surface area contributed by atoms with Crippen LogP contribution in [-0.2, 0) is 10.8 Å². The van der Waals surface area contributed by atoms with Gasteiger partial charge in [-0.1, -0.05) is 190 Å². The Morgan fingerprint density at radius 1 is 0.343 bits per heavy atom. The van der Waals surface area contributed by atoms with Gasteiger partial charge in [0.05, 0.1) is 0 Å². The van der Waals surface area contributed by atoms with Crippen molar-refractivity contribution in [3.05, 3.63) is 258 Å². The molecule has 1 unspecified atom stereocenters. The van der Waals surface area contributed by atoms with E-state index in [0.29, 0.717) is 0 Å². The Morgan fingerprint density at radius 2 is 0.896 bits per heavy atom. The summed E-state index contributed by atoms with van der Waals surface area (Å²) in [6.45, 7) is 7.13. The fourth-order valence-corrected chi connectivity index (χ4v) is 11.7. The summed E-state index contributed by atoms with van der Waals surface area (Å²) in [5, 5.41) is 2.26. The number of nitrogens with zero attached hydrogens (tertiary/aromatic N) is 1. The number of benzene rings is 10. The highest BCUT2D eigenvalue weighted by Gasteiger charge is 2.41. The Hall–Kier alpha value is -8.20. The van der Waals surface area contributed by atoms with Gasteiger partial charge in [0, 0.05) is 38.7 Å². The summed E-state index contributed by atoms with van der Waals surface area (Å²) in [4.78, 5) is 2.42. The second-order valence-corrected chi connectivity index (χ2v) is 19.0. The lowest BCUT2D eigenvalue weighted by Crippen LogP contribution is -2.22. The van der Waals surface area contributed by atoms with E-state index in [1.165, 1.54) is 72.3 Å². The van der Waals surface area contributed by atoms with Crippen molar-refractivity contribution in [3.63, 3.8) is 0 Å². The molecule has 2 nitrogen and oxygen atoms in total. The van der Waals surface area contributed by atoms with Crippen molar-refractivity contribution >= 4 is 39.0 Å². The summed E-state index contributed by atoms with van der Waals surface area (Å²) in [6, 6.07) is 84.7. The van der Waals surface area contributed by atoms with E-state index in [-0.39, 0.29) is 10.8 Å². The molecule has 2 aliphatic carbocycles. The van der Waals surface area contributed by atoms with Gasteiger partial charge in [0.1, 0.15) is 11.2 Å². The molecule has 0 fully saturated rings. The van der Waals surface area contributed by atoms with Gasteiger partial charge in [0.25, 0.3) is 0 Å². The van der Waals surface area contributed by atoms with E-state index in [9.17, 15) is 0 Å². The van der Waals surface area contributed by atoms with Crippen LogP contribution in [0.15, 0.2) is 235 Å². The molecule has 318 valence electrons. The molecule has 0 amide bonds. The van der Waals surface area contributed by atoms with Crippen LogP contribution < -0.4 is 4.90 Å². The van der Waals surface area contributed by atoms with Crippen molar-refractivity contribution in [1.29, 1.82) is 0 Å². The minimum Gasteiger partial charge on any atom is -0.456 e. The zero-order valence-electron chi connectivity index (χ0n) is 37.8. The minimum atomic E-state index is -0.264. The number of hydrogen-bond donors (Lipinski definition) is 0. The SMILES string of the molecule is CC1(C)c2ccccc2-c2cccc(-c3cccc(N(c4ccc(-c5ccc6c(c5)C(C)(c5ccccc5)c5ccccc5-6)cc4)c4cccc(-c5cccc6oc7ccccc7c56)c4)c3)c21. The minimum absolute atomic E-state index is 0.139. The maximum absolute atomic E-state index is 6.36. The number of furan rings is 1. The molecule has 0 saturated carbocycles. The van der Waals surface area contributed by atoms with Gasteiger partial charge in [-0.2, -0.15) is 0 Å². The molecule has 13 rings (SSSR count). The Bertz CT molecular complexity index is 3740. The molecular formula is C65H47NO. The van der Waals surface area contributed by atoms with Crippen LogP contribution in [0, 0.1) is 0 Å². The zero-order chi connectivity index (χ0) is 44.9. The summed E-state index contributed by atoms with van der Waals surface area (Å²) in [5.41, 5.74) is 23.8. The van der Waals surface area contributed by atoms with Crippen LogP contribution in [0.2, 0.25) is 0 Å². The molecule has 67 heavy (non-hydrogen) atoms. The molecular weight excluding hydrogens is 811 g/mol. The predicted molar refractivity (Wildman–Crippen MR) is 280 cm³/mol. The van der Waals surface area contributed by atoms with Gasteiger partial charge in [-0.15, -0.1) is 0 Å². The van der Waals surface area contributed by atoms with E-state index in [4.69, 9.17) is 4.42 Å². The first-order valence-corrected chi connectivity index (χ1v) is 23.4. The first-order chi connectivity index (χ1) is 32.9. The molecule has 1 heterocycles. The molecule has 0 saturated heterocycles. The van der Waals surface area contributed by atoms with Gasteiger partial charge in [0.2, 0.25) is 0 Å². The van der Waals surface area contributed by atoms with Gasteiger partial charge in [-0.25, -0.2) is 0 Å². The first kappa shape index (κ1) is 39.2. The van der Waals surface area contributed by atoms with Gasteiger partial charge in [0.15, 0.2) is 0 Å². The molecule has 0 radical (unpaired) electrons. The van der Waals surface area contributed by atoms with E-state index >= 15 is 0 Å². The van der Waals surface area contributed by atoms with Crippen molar-refractivity contribution in [2.24, 2.45) is 0 Å². The molecule has 10 aromatic carbocycles. The lowest BCUT2D eigenvalue weighted by Gasteiger charge is -2.29. The van der Waals surface area contributed by atoms with Crippen molar-refractivity contribution in [2.45, 2.75) is 31.6 Å². The van der Waals surface area contributed by atoms with Crippen molar-refractivity contribution in [2.75, 3.05) is 4.90 Å². The van der Waals surface area contributed by atoms with E-state index in [1.807, 2.05) is 6.07 Å². The zero-order valence-corrected chi connectivity index (χ0v) is 37.8. The average molecular weight is 858 g/mol. The Morgan fingerprint density at radius 3 is 1.67 bits per heavy atom. The molecule has 0 bridgehead atoms. The number of anilines is 3. The van der Waals surface area contributed by atoms with Gasteiger partial charge in [-0.3, -0.25) is 0 Å². The lowest BCUT2D eigenvalue weighted by atomic mass is 9.74. The number of para-hydroxylation sites is 1. The van der Waals surface area contributed by atoms with Crippen LogP contribution in [0.4, 0.5) is 17.1 Å². The molecule has 11 aromatic rings. The van der Waals surface area contributed by atoms with Crippen molar-refractivity contribution in [1.82, 2.24) is 0 Å². The average Bonchev–Trinajstić information content (AvgIpc) is 3.98.